The molecule has 0 aromatic carbocycles. The van der Waals surface area contributed by atoms with Crippen molar-refractivity contribution in [2.24, 2.45) is 20.0 Å². The van der Waals surface area contributed by atoms with E-state index in [0.29, 0.717) is 18.2 Å². The van der Waals surface area contributed by atoms with Crippen LogP contribution in [0.15, 0.2) is 15.8 Å². The van der Waals surface area contributed by atoms with Gasteiger partial charge in [0, 0.05) is 38.4 Å². The molecule has 1 fully saturated rings. The number of hydrogen-bond acceptors (Lipinski definition) is 3. The minimum atomic E-state index is -0.280. The minimum absolute atomic E-state index is 0.200. The molecule has 0 amide bonds. The molecule has 0 radical (unpaired) electrons. The highest BCUT2D eigenvalue weighted by atomic mass is 16.2. The predicted octanol–water partition coefficient (Wildman–Crippen LogP) is 0.752. The smallest absolute Gasteiger partial charge is 0.310 e. The summed E-state index contributed by atoms with van der Waals surface area (Å²) in [5, 5.41) is 3.43. The van der Waals surface area contributed by atoms with Crippen LogP contribution in [-0.2, 0) is 20.6 Å². The van der Waals surface area contributed by atoms with Crippen molar-refractivity contribution in [1.29, 1.82) is 0 Å². The quantitative estimate of drug-likeness (QED) is 0.874. The Hall–Kier alpha value is -1.36. The van der Waals surface area contributed by atoms with Gasteiger partial charge in [0.25, 0.3) is 5.56 Å². The van der Waals surface area contributed by atoms with Crippen LogP contribution in [-0.4, -0.2) is 15.2 Å². The number of rotatable bonds is 4. The van der Waals surface area contributed by atoms with E-state index < -0.39 is 0 Å². The van der Waals surface area contributed by atoms with Crippen LogP contribution in [0, 0.1) is 5.92 Å². The van der Waals surface area contributed by atoms with Crippen molar-refractivity contribution in [1.82, 2.24) is 14.5 Å². The highest BCUT2D eigenvalue weighted by Gasteiger charge is 2.21. The fraction of sp³-hybridized carbons (Fsp3) is 0.714. The van der Waals surface area contributed by atoms with Crippen molar-refractivity contribution in [3.8, 4) is 0 Å². The Kier molecular flexibility index (Phi) is 4.24. The van der Waals surface area contributed by atoms with Crippen molar-refractivity contribution >= 4 is 0 Å². The third kappa shape index (κ3) is 2.97. The number of aryl methyl sites for hydroxylation is 1. The van der Waals surface area contributed by atoms with Crippen molar-refractivity contribution in [2.45, 2.75) is 45.2 Å². The van der Waals surface area contributed by atoms with Gasteiger partial charge in [-0.15, -0.1) is 0 Å². The van der Waals surface area contributed by atoms with E-state index in [2.05, 4.69) is 12.2 Å². The first-order valence-corrected chi connectivity index (χ1v) is 6.99. The van der Waals surface area contributed by atoms with Crippen LogP contribution in [0.2, 0.25) is 0 Å². The summed E-state index contributed by atoms with van der Waals surface area (Å²) in [5.41, 5.74) is 0.168. The first-order valence-electron chi connectivity index (χ1n) is 6.99. The molecule has 1 heterocycles. The molecule has 0 unspecified atom stereocenters. The number of nitrogens with one attached hydrogen (secondary N) is 1. The Balaban J connectivity index is 2.07. The Morgan fingerprint density at radius 1 is 1.32 bits per heavy atom. The van der Waals surface area contributed by atoms with Gasteiger partial charge in [0.2, 0.25) is 0 Å². The molecule has 0 bridgehead atoms. The average molecular weight is 265 g/mol. The lowest BCUT2D eigenvalue weighted by atomic mass is 10.00. The number of nitrogens with zero attached hydrogens (tertiary/aromatic N) is 2. The van der Waals surface area contributed by atoms with Gasteiger partial charge < -0.3 is 9.88 Å². The van der Waals surface area contributed by atoms with Gasteiger partial charge in [0.05, 0.1) is 0 Å². The number of hydrogen-bond donors (Lipinski definition) is 1. The fourth-order valence-corrected chi connectivity index (χ4v) is 2.90. The molecule has 5 heteroatoms. The summed E-state index contributed by atoms with van der Waals surface area (Å²) in [5.74, 6) is 0.719. The first kappa shape index (κ1) is 14.1. The van der Waals surface area contributed by atoms with Gasteiger partial charge in [-0.3, -0.25) is 9.36 Å². The molecule has 19 heavy (non-hydrogen) atoms. The zero-order chi connectivity index (χ0) is 14.0. The topological polar surface area (TPSA) is 56.0 Å². The molecule has 106 valence electrons. The molecule has 0 spiro atoms. The maximum Gasteiger partial charge on any atom is 0.330 e. The maximum absolute atomic E-state index is 12.0. The van der Waals surface area contributed by atoms with Crippen LogP contribution in [0.5, 0.6) is 0 Å². The maximum atomic E-state index is 12.0. The van der Waals surface area contributed by atoms with Crippen LogP contribution >= 0.6 is 0 Å². The summed E-state index contributed by atoms with van der Waals surface area (Å²) >= 11 is 0. The lowest BCUT2D eigenvalue weighted by Gasteiger charge is -2.20. The van der Waals surface area contributed by atoms with Gasteiger partial charge >= 0.3 is 5.69 Å². The molecule has 5 nitrogen and oxygen atoms in total. The summed E-state index contributed by atoms with van der Waals surface area (Å²) in [7, 11) is 3.19. The van der Waals surface area contributed by atoms with E-state index in [1.54, 1.807) is 13.2 Å². The molecule has 1 saturated carbocycles. The SMILES string of the molecule is C[C@H](NCc1cn(C)c(=O)n(C)c1=O)C1CCCC1. The molecule has 1 aliphatic rings. The van der Waals surface area contributed by atoms with Crippen LogP contribution in [0.1, 0.15) is 38.2 Å². The predicted molar refractivity (Wildman–Crippen MR) is 75.2 cm³/mol. The second kappa shape index (κ2) is 5.74. The lowest BCUT2D eigenvalue weighted by Crippen LogP contribution is -2.41. The van der Waals surface area contributed by atoms with Gasteiger partial charge in [-0.05, 0) is 25.7 Å². The minimum Gasteiger partial charge on any atom is -0.310 e. The van der Waals surface area contributed by atoms with E-state index in [-0.39, 0.29) is 11.2 Å². The second-order valence-electron chi connectivity index (χ2n) is 5.63. The van der Waals surface area contributed by atoms with Crippen molar-refractivity contribution in [2.75, 3.05) is 0 Å². The monoisotopic (exact) mass is 265 g/mol. The molecular formula is C14H23N3O2. The third-order valence-electron chi connectivity index (χ3n) is 4.24. The molecule has 0 saturated heterocycles. The Bertz CT molecular complexity index is 553. The largest absolute Gasteiger partial charge is 0.330 e. The molecular weight excluding hydrogens is 242 g/mol. The summed E-state index contributed by atoms with van der Waals surface area (Å²) in [6, 6.07) is 0.421. The van der Waals surface area contributed by atoms with Gasteiger partial charge in [0.1, 0.15) is 0 Å². The Morgan fingerprint density at radius 3 is 2.58 bits per heavy atom. The molecule has 1 aliphatic carbocycles. The molecule has 2 rings (SSSR count). The fourth-order valence-electron chi connectivity index (χ4n) is 2.90. The van der Waals surface area contributed by atoms with Crippen LogP contribution in [0.4, 0.5) is 0 Å². The second-order valence-corrected chi connectivity index (χ2v) is 5.63. The van der Waals surface area contributed by atoms with E-state index in [1.165, 1.54) is 37.3 Å². The van der Waals surface area contributed by atoms with Gasteiger partial charge in [-0.1, -0.05) is 12.8 Å². The molecule has 0 aliphatic heterocycles. The van der Waals surface area contributed by atoms with E-state index in [9.17, 15) is 9.59 Å². The van der Waals surface area contributed by atoms with Crippen molar-refractivity contribution in [3.05, 3.63) is 32.6 Å². The zero-order valence-electron chi connectivity index (χ0n) is 12.0. The number of aromatic nitrogens is 2. The van der Waals surface area contributed by atoms with Crippen LogP contribution < -0.4 is 16.6 Å². The van der Waals surface area contributed by atoms with Gasteiger partial charge in [0.15, 0.2) is 0 Å². The van der Waals surface area contributed by atoms with E-state index >= 15 is 0 Å². The highest BCUT2D eigenvalue weighted by Crippen LogP contribution is 2.27. The average Bonchev–Trinajstić information content (AvgIpc) is 2.92. The standard InChI is InChI=1S/C14H23N3O2/c1-10(11-6-4-5-7-11)15-8-12-9-16(2)14(19)17(3)13(12)18/h9-11,15H,4-8H2,1-3H3/t10-/m0/s1. The molecule has 1 aromatic rings. The van der Waals surface area contributed by atoms with E-state index in [4.69, 9.17) is 0 Å². The lowest BCUT2D eigenvalue weighted by molar-refractivity contribution is 0.379. The van der Waals surface area contributed by atoms with Crippen molar-refractivity contribution < 1.29 is 0 Å². The van der Waals surface area contributed by atoms with Crippen molar-refractivity contribution in [3.63, 3.8) is 0 Å². The Labute approximate surface area is 113 Å². The zero-order valence-corrected chi connectivity index (χ0v) is 12.0. The van der Waals surface area contributed by atoms with Crippen LogP contribution in [0.25, 0.3) is 0 Å². The summed E-state index contributed by atoms with van der Waals surface area (Å²) < 4.78 is 2.62. The third-order valence-corrected chi connectivity index (χ3v) is 4.24. The molecule has 1 aromatic heterocycles. The summed E-state index contributed by atoms with van der Waals surface area (Å²) in [4.78, 5) is 23.6. The van der Waals surface area contributed by atoms with Crippen LogP contribution in [0.3, 0.4) is 0 Å². The summed E-state index contributed by atoms with van der Waals surface area (Å²) in [6.45, 7) is 2.71. The summed E-state index contributed by atoms with van der Waals surface area (Å²) in [6.07, 6.45) is 6.83. The van der Waals surface area contributed by atoms with E-state index in [1.807, 2.05) is 0 Å². The van der Waals surface area contributed by atoms with E-state index in [0.717, 1.165) is 10.5 Å². The van der Waals surface area contributed by atoms with Gasteiger partial charge in [-0.25, -0.2) is 4.79 Å². The normalized spacial score (nSPS) is 17.8. The molecule has 1 N–H and O–H groups in total. The van der Waals surface area contributed by atoms with Gasteiger partial charge in [-0.2, -0.15) is 0 Å². The highest BCUT2D eigenvalue weighted by molar-refractivity contribution is 5.05. The first-order chi connectivity index (χ1) is 9.00. The Morgan fingerprint density at radius 2 is 1.95 bits per heavy atom. The molecule has 1 atom stereocenters.